The van der Waals surface area contributed by atoms with Crippen LogP contribution in [0.2, 0.25) is 0 Å². The monoisotopic (exact) mass is 241 g/mol. The van der Waals surface area contributed by atoms with Gasteiger partial charge < -0.3 is 4.74 Å². The van der Waals surface area contributed by atoms with Crippen molar-refractivity contribution in [2.45, 2.75) is 6.92 Å². The minimum Gasteiger partial charge on any atom is -0.423 e. The number of esters is 1. The zero-order valence-electron chi connectivity index (χ0n) is 9.79. The molecule has 0 aliphatic rings. The Hall–Kier alpha value is -2.49. The average Bonchev–Trinajstić information content (AvgIpc) is 2.40. The van der Waals surface area contributed by atoms with Gasteiger partial charge in [0.05, 0.1) is 5.56 Å². The van der Waals surface area contributed by atoms with E-state index in [-0.39, 0.29) is 5.78 Å². The van der Waals surface area contributed by atoms with Gasteiger partial charge in [0.25, 0.3) is 0 Å². The SMILES string of the molecule is CC(=O)c1ccc(OC(=O)c2cccnc2)cc1. The van der Waals surface area contributed by atoms with E-state index in [0.29, 0.717) is 16.9 Å². The van der Waals surface area contributed by atoms with Crippen molar-refractivity contribution in [2.24, 2.45) is 0 Å². The molecule has 18 heavy (non-hydrogen) atoms. The molecule has 2 rings (SSSR count). The molecule has 0 unspecified atom stereocenters. The number of aromatic nitrogens is 1. The minimum absolute atomic E-state index is 0.0277. The van der Waals surface area contributed by atoms with Crippen molar-refractivity contribution in [2.75, 3.05) is 0 Å². The standard InChI is InChI=1S/C14H11NO3/c1-10(16)11-4-6-13(7-5-11)18-14(17)12-3-2-8-15-9-12/h2-9H,1H3. The number of pyridine rings is 1. The molecule has 0 bridgehead atoms. The Labute approximate surface area is 104 Å². The predicted molar refractivity (Wildman–Crippen MR) is 65.6 cm³/mol. The summed E-state index contributed by atoms with van der Waals surface area (Å²) in [7, 11) is 0. The topological polar surface area (TPSA) is 56.3 Å². The largest absolute Gasteiger partial charge is 0.423 e. The molecule has 0 fully saturated rings. The third-order valence-electron chi connectivity index (χ3n) is 2.37. The summed E-state index contributed by atoms with van der Waals surface area (Å²) in [6.07, 6.45) is 3.02. The van der Waals surface area contributed by atoms with E-state index in [1.165, 1.54) is 13.1 Å². The van der Waals surface area contributed by atoms with E-state index in [2.05, 4.69) is 4.98 Å². The number of hydrogen-bond acceptors (Lipinski definition) is 4. The summed E-state index contributed by atoms with van der Waals surface area (Å²) < 4.78 is 5.14. The number of ether oxygens (including phenoxy) is 1. The smallest absolute Gasteiger partial charge is 0.345 e. The van der Waals surface area contributed by atoms with Gasteiger partial charge in [-0.3, -0.25) is 9.78 Å². The first-order chi connectivity index (χ1) is 8.66. The Kier molecular flexibility index (Phi) is 3.48. The molecule has 4 nitrogen and oxygen atoms in total. The van der Waals surface area contributed by atoms with Crippen molar-refractivity contribution in [1.29, 1.82) is 0 Å². The Bertz CT molecular complexity index is 561. The maximum absolute atomic E-state index is 11.7. The van der Waals surface area contributed by atoms with Crippen molar-refractivity contribution in [3.63, 3.8) is 0 Å². The zero-order valence-corrected chi connectivity index (χ0v) is 9.79. The number of nitrogens with zero attached hydrogens (tertiary/aromatic N) is 1. The van der Waals surface area contributed by atoms with Gasteiger partial charge in [-0.15, -0.1) is 0 Å². The molecular formula is C14H11NO3. The van der Waals surface area contributed by atoms with Crippen LogP contribution in [-0.2, 0) is 0 Å². The van der Waals surface area contributed by atoms with Crippen LogP contribution in [0.4, 0.5) is 0 Å². The summed E-state index contributed by atoms with van der Waals surface area (Å²) in [5, 5.41) is 0. The molecule has 0 radical (unpaired) electrons. The normalized spacial score (nSPS) is 9.83. The van der Waals surface area contributed by atoms with E-state index < -0.39 is 5.97 Å². The lowest BCUT2D eigenvalue weighted by Crippen LogP contribution is -2.08. The highest BCUT2D eigenvalue weighted by Gasteiger charge is 2.08. The summed E-state index contributed by atoms with van der Waals surface area (Å²) in [5.74, 6) is -0.104. The van der Waals surface area contributed by atoms with E-state index in [1.807, 2.05) is 0 Å². The number of carbonyl (C=O) groups is 2. The van der Waals surface area contributed by atoms with Crippen LogP contribution in [0.5, 0.6) is 5.75 Å². The zero-order chi connectivity index (χ0) is 13.0. The van der Waals surface area contributed by atoms with Crippen LogP contribution < -0.4 is 4.74 Å². The lowest BCUT2D eigenvalue weighted by Gasteiger charge is -2.04. The first kappa shape index (κ1) is 12.0. The summed E-state index contributed by atoms with van der Waals surface area (Å²) in [6.45, 7) is 1.48. The van der Waals surface area contributed by atoms with Gasteiger partial charge >= 0.3 is 5.97 Å². The quantitative estimate of drug-likeness (QED) is 0.470. The van der Waals surface area contributed by atoms with E-state index in [0.717, 1.165) is 0 Å². The van der Waals surface area contributed by atoms with Crippen LogP contribution >= 0.6 is 0 Å². The second kappa shape index (κ2) is 5.23. The van der Waals surface area contributed by atoms with Crippen molar-refractivity contribution in [3.8, 4) is 5.75 Å². The maximum atomic E-state index is 11.7. The number of benzene rings is 1. The minimum atomic E-state index is -0.473. The fraction of sp³-hybridized carbons (Fsp3) is 0.0714. The molecule has 0 aliphatic heterocycles. The highest BCUT2D eigenvalue weighted by atomic mass is 16.5. The van der Waals surface area contributed by atoms with Crippen LogP contribution in [0.1, 0.15) is 27.6 Å². The number of ketones is 1. The van der Waals surface area contributed by atoms with Gasteiger partial charge in [-0.25, -0.2) is 4.79 Å². The molecular weight excluding hydrogens is 230 g/mol. The fourth-order valence-corrected chi connectivity index (χ4v) is 1.41. The molecule has 0 atom stereocenters. The number of Topliss-reactive ketones (excluding diaryl/α,β-unsaturated/α-hetero) is 1. The first-order valence-electron chi connectivity index (χ1n) is 5.40. The number of carbonyl (C=O) groups excluding carboxylic acids is 2. The summed E-state index contributed by atoms with van der Waals surface area (Å²) >= 11 is 0. The molecule has 1 aromatic carbocycles. The van der Waals surface area contributed by atoms with Gasteiger partial charge in [0.1, 0.15) is 5.75 Å². The highest BCUT2D eigenvalue weighted by Crippen LogP contribution is 2.14. The lowest BCUT2D eigenvalue weighted by molar-refractivity contribution is 0.0734. The summed E-state index contributed by atoms with van der Waals surface area (Å²) in [5.41, 5.74) is 0.962. The second-order valence-corrected chi connectivity index (χ2v) is 3.71. The molecule has 1 heterocycles. The van der Waals surface area contributed by atoms with Gasteiger partial charge in [0.2, 0.25) is 0 Å². The van der Waals surface area contributed by atoms with Crippen molar-refractivity contribution in [1.82, 2.24) is 4.98 Å². The Balaban J connectivity index is 2.10. The first-order valence-corrected chi connectivity index (χ1v) is 5.40. The van der Waals surface area contributed by atoms with Gasteiger partial charge in [-0.1, -0.05) is 0 Å². The molecule has 0 amide bonds. The second-order valence-electron chi connectivity index (χ2n) is 3.71. The molecule has 1 aromatic heterocycles. The Morgan fingerprint density at radius 2 is 1.78 bits per heavy atom. The molecule has 0 N–H and O–H groups in total. The number of rotatable bonds is 3. The Morgan fingerprint density at radius 3 is 2.33 bits per heavy atom. The number of hydrogen-bond donors (Lipinski definition) is 0. The summed E-state index contributed by atoms with van der Waals surface area (Å²) in [6, 6.07) is 9.70. The van der Waals surface area contributed by atoms with E-state index >= 15 is 0 Å². The van der Waals surface area contributed by atoms with Gasteiger partial charge in [0, 0.05) is 18.0 Å². The molecule has 2 aromatic rings. The van der Waals surface area contributed by atoms with Gasteiger partial charge in [-0.05, 0) is 43.3 Å². The van der Waals surface area contributed by atoms with E-state index in [4.69, 9.17) is 4.74 Å². The van der Waals surface area contributed by atoms with Crippen LogP contribution in [0.15, 0.2) is 48.8 Å². The molecule has 0 spiro atoms. The van der Waals surface area contributed by atoms with Crippen LogP contribution in [0.3, 0.4) is 0 Å². The molecule has 4 heteroatoms. The summed E-state index contributed by atoms with van der Waals surface area (Å²) in [4.78, 5) is 26.6. The van der Waals surface area contributed by atoms with Crippen molar-refractivity contribution >= 4 is 11.8 Å². The highest BCUT2D eigenvalue weighted by molar-refractivity contribution is 5.94. The molecule has 90 valence electrons. The molecule has 0 saturated carbocycles. The van der Waals surface area contributed by atoms with Gasteiger partial charge in [-0.2, -0.15) is 0 Å². The van der Waals surface area contributed by atoms with Crippen LogP contribution in [-0.4, -0.2) is 16.7 Å². The third-order valence-corrected chi connectivity index (χ3v) is 2.37. The van der Waals surface area contributed by atoms with Crippen LogP contribution in [0.25, 0.3) is 0 Å². The molecule has 0 aliphatic carbocycles. The predicted octanol–water partition coefficient (Wildman–Crippen LogP) is 2.50. The van der Waals surface area contributed by atoms with Crippen molar-refractivity contribution in [3.05, 3.63) is 59.9 Å². The van der Waals surface area contributed by atoms with Crippen LogP contribution in [0, 0.1) is 0 Å². The van der Waals surface area contributed by atoms with E-state index in [1.54, 1.807) is 42.6 Å². The Morgan fingerprint density at radius 1 is 1.06 bits per heavy atom. The molecule has 0 saturated heterocycles. The van der Waals surface area contributed by atoms with E-state index in [9.17, 15) is 9.59 Å². The van der Waals surface area contributed by atoms with Crippen molar-refractivity contribution < 1.29 is 14.3 Å². The average molecular weight is 241 g/mol. The lowest BCUT2D eigenvalue weighted by atomic mass is 10.1. The van der Waals surface area contributed by atoms with Gasteiger partial charge in [0.15, 0.2) is 5.78 Å². The fourth-order valence-electron chi connectivity index (χ4n) is 1.41. The third kappa shape index (κ3) is 2.79. The maximum Gasteiger partial charge on any atom is 0.345 e.